The number of fused-ring (bicyclic) bond motifs is 5. The lowest BCUT2D eigenvalue weighted by atomic mass is 9.43. The molecule has 0 aromatic carbocycles. The van der Waals surface area contributed by atoms with Gasteiger partial charge < -0.3 is 14.2 Å². The molecule has 1 aliphatic heterocycles. The van der Waals surface area contributed by atoms with Crippen LogP contribution in [-0.2, 0) is 19.0 Å². The summed E-state index contributed by atoms with van der Waals surface area (Å²) < 4.78 is 17.9. The SMILES string of the molecule is CCOC(=O)/C(C)=C/CC[C@@H](C)[C@H]1CC[C@@]2(C)C3=CC[C@H]4C(C)(C)C5(CC[C@]4(C)C3=CC[C@]12C)OCCO5. The van der Waals surface area contributed by atoms with Gasteiger partial charge in [0.1, 0.15) is 0 Å². The van der Waals surface area contributed by atoms with Crippen LogP contribution < -0.4 is 0 Å². The highest BCUT2D eigenvalue weighted by molar-refractivity contribution is 5.87. The van der Waals surface area contributed by atoms with E-state index in [2.05, 4.69) is 59.8 Å². The normalized spacial score (nSPS) is 40.1. The fourth-order valence-electron chi connectivity index (χ4n) is 9.94. The zero-order valence-electron chi connectivity index (χ0n) is 25.4. The lowest BCUT2D eigenvalue weighted by molar-refractivity contribution is -0.279. The van der Waals surface area contributed by atoms with Crippen molar-refractivity contribution in [1.82, 2.24) is 0 Å². The summed E-state index contributed by atoms with van der Waals surface area (Å²) in [6.07, 6.45) is 16.5. The van der Waals surface area contributed by atoms with Crippen molar-refractivity contribution in [2.24, 2.45) is 39.4 Å². The van der Waals surface area contributed by atoms with Crippen LogP contribution in [0.1, 0.15) is 107 Å². The number of carbonyl (C=O) groups excluding carboxylic acids is 1. The fraction of sp³-hybridized carbons (Fsp3) is 0.794. The molecule has 0 N–H and O–H groups in total. The molecule has 0 radical (unpaired) electrons. The third kappa shape index (κ3) is 3.86. The number of rotatable bonds is 6. The van der Waals surface area contributed by atoms with E-state index in [1.165, 1.54) is 19.3 Å². The summed E-state index contributed by atoms with van der Waals surface area (Å²) in [5, 5.41) is 0. The monoisotopic (exact) mass is 524 g/mol. The van der Waals surface area contributed by atoms with Gasteiger partial charge in [0.25, 0.3) is 0 Å². The van der Waals surface area contributed by atoms with E-state index >= 15 is 0 Å². The lowest BCUT2D eigenvalue weighted by Crippen LogP contribution is -2.60. The Bertz CT molecular complexity index is 1040. The fourth-order valence-corrected chi connectivity index (χ4v) is 9.94. The molecule has 212 valence electrons. The Morgan fingerprint density at radius 2 is 1.79 bits per heavy atom. The molecule has 6 atom stereocenters. The van der Waals surface area contributed by atoms with Crippen LogP contribution in [-0.4, -0.2) is 31.6 Å². The Morgan fingerprint density at radius 3 is 2.47 bits per heavy atom. The van der Waals surface area contributed by atoms with Crippen molar-refractivity contribution in [2.45, 2.75) is 113 Å². The Kier molecular flexibility index (Phi) is 7.12. The van der Waals surface area contributed by atoms with E-state index in [0.29, 0.717) is 24.4 Å². The van der Waals surface area contributed by atoms with Gasteiger partial charge in [0.05, 0.1) is 19.8 Å². The van der Waals surface area contributed by atoms with E-state index < -0.39 is 5.79 Å². The maximum absolute atomic E-state index is 12.0. The molecule has 38 heavy (non-hydrogen) atoms. The van der Waals surface area contributed by atoms with E-state index in [9.17, 15) is 4.79 Å². The van der Waals surface area contributed by atoms with E-state index in [-0.39, 0.29) is 27.6 Å². The Balaban J connectivity index is 1.37. The van der Waals surface area contributed by atoms with E-state index in [1.807, 2.05) is 13.8 Å². The minimum atomic E-state index is -0.413. The maximum Gasteiger partial charge on any atom is 0.333 e. The van der Waals surface area contributed by atoms with Gasteiger partial charge >= 0.3 is 5.97 Å². The smallest absolute Gasteiger partial charge is 0.333 e. The Morgan fingerprint density at radius 1 is 1.08 bits per heavy atom. The van der Waals surface area contributed by atoms with Crippen molar-refractivity contribution in [3.05, 3.63) is 34.9 Å². The summed E-state index contributed by atoms with van der Waals surface area (Å²) in [5.74, 6) is 1.25. The topological polar surface area (TPSA) is 44.8 Å². The molecule has 4 heteroatoms. The molecule has 0 amide bonds. The van der Waals surface area contributed by atoms with Crippen LogP contribution in [0, 0.1) is 39.4 Å². The summed E-state index contributed by atoms with van der Waals surface area (Å²) in [7, 11) is 0. The van der Waals surface area contributed by atoms with Crippen LogP contribution in [0.4, 0.5) is 0 Å². The molecule has 1 saturated heterocycles. The minimum Gasteiger partial charge on any atom is -0.463 e. The summed E-state index contributed by atoms with van der Waals surface area (Å²) in [4.78, 5) is 12.0. The highest BCUT2D eigenvalue weighted by Crippen LogP contribution is 2.73. The second kappa shape index (κ2) is 9.61. The van der Waals surface area contributed by atoms with E-state index in [1.54, 1.807) is 11.1 Å². The van der Waals surface area contributed by atoms with Gasteiger partial charge in [-0.2, -0.15) is 0 Å². The average molecular weight is 525 g/mol. The third-order valence-corrected chi connectivity index (χ3v) is 12.5. The van der Waals surface area contributed by atoms with Gasteiger partial charge in [0, 0.05) is 17.4 Å². The molecule has 0 unspecified atom stereocenters. The van der Waals surface area contributed by atoms with Crippen molar-refractivity contribution in [3.8, 4) is 0 Å². The molecule has 4 nitrogen and oxygen atoms in total. The molecule has 3 fully saturated rings. The zero-order chi connectivity index (χ0) is 27.6. The summed E-state index contributed by atoms with van der Waals surface area (Å²) in [6, 6.07) is 0. The standard InChI is InChI=1S/C34H52O4/c1-9-36-29(35)24(3)12-10-11-23(2)25-15-17-33(8)27-13-14-28-30(4,5)34(37-21-22-38-34)20-19-31(28,6)26(27)16-18-32(25,33)7/h12-13,16,23,25,28H,9-11,14-15,17-22H2,1-8H3/b24-12+/t23-,25-,28+,31-,32-,33+/m1/s1. The Labute approximate surface area is 231 Å². The molecule has 5 rings (SSSR count). The van der Waals surface area contributed by atoms with Crippen LogP contribution in [0.2, 0.25) is 0 Å². The number of hydrogen-bond donors (Lipinski definition) is 0. The molecule has 1 heterocycles. The largest absolute Gasteiger partial charge is 0.463 e. The maximum atomic E-state index is 12.0. The van der Waals surface area contributed by atoms with Gasteiger partial charge in [-0.3, -0.25) is 0 Å². The van der Waals surface area contributed by atoms with E-state index in [0.717, 1.165) is 50.9 Å². The second-order valence-corrected chi connectivity index (χ2v) is 14.4. The first-order valence-corrected chi connectivity index (χ1v) is 15.4. The summed E-state index contributed by atoms with van der Waals surface area (Å²) in [6.45, 7) is 20.6. The van der Waals surface area contributed by atoms with Crippen LogP contribution >= 0.6 is 0 Å². The van der Waals surface area contributed by atoms with Gasteiger partial charge in [-0.1, -0.05) is 59.8 Å². The number of allylic oxidation sites excluding steroid dienone is 5. The molecular formula is C34H52O4. The molecule has 0 aromatic heterocycles. The van der Waals surface area contributed by atoms with Crippen molar-refractivity contribution >= 4 is 5.97 Å². The highest BCUT2D eigenvalue weighted by Gasteiger charge is 2.66. The van der Waals surface area contributed by atoms with Crippen LogP contribution in [0.15, 0.2) is 34.9 Å². The molecule has 0 aromatic rings. The van der Waals surface area contributed by atoms with Gasteiger partial charge in [-0.05, 0) is 104 Å². The minimum absolute atomic E-state index is 0.0249. The highest BCUT2D eigenvalue weighted by atomic mass is 16.7. The first kappa shape index (κ1) is 28.1. The van der Waals surface area contributed by atoms with Crippen molar-refractivity contribution < 1.29 is 19.0 Å². The van der Waals surface area contributed by atoms with Gasteiger partial charge in [-0.25, -0.2) is 4.79 Å². The number of hydrogen-bond acceptors (Lipinski definition) is 4. The predicted molar refractivity (Wildman–Crippen MR) is 152 cm³/mol. The Hall–Kier alpha value is -1.39. The molecule has 0 bridgehead atoms. The predicted octanol–water partition coefficient (Wildman–Crippen LogP) is 8.18. The summed E-state index contributed by atoms with van der Waals surface area (Å²) >= 11 is 0. The quantitative estimate of drug-likeness (QED) is 0.260. The lowest BCUT2D eigenvalue weighted by Gasteiger charge is -2.63. The summed E-state index contributed by atoms with van der Waals surface area (Å²) in [5.41, 5.74) is 4.70. The first-order chi connectivity index (χ1) is 17.9. The van der Waals surface area contributed by atoms with Crippen LogP contribution in [0.3, 0.4) is 0 Å². The van der Waals surface area contributed by atoms with Crippen molar-refractivity contribution in [1.29, 1.82) is 0 Å². The molecular weight excluding hydrogens is 472 g/mol. The van der Waals surface area contributed by atoms with Crippen LogP contribution in [0.5, 0.6) is 0 Å². The zero-order valence-corrected chi connectivity index (χ0v) is 25.4. The molecule has 5 aliphatic rings. The second-order valence-electron chi connectivity index (χ2n) is 14.4. The first-order valence-electron chi connectivity index (χ1n) is 15.4. The van der Waals surface area contributed by atoms with Gasteiger partial charge in [0.2, 0.25) is 0 Å². The van der Waals surface area contributed by atoms with E-state index in [4.69, 9.17) is 14.2 Å². The van der Waals surface area contributed by atoms with Gasteiger partial charge in [0.15, 0.2) is 5.79 Å². The van der Waals surface area contributed by atoms with Crippen molar-refractivity contribution in [3.63, 3.8) is 0 Å². The molecule has 4 aliphatic carbocycles. The number of carbonyl (C=O) groups is 1. The third-order valence-electron chi connectivity index (χ3n) is 12.5. The van der Waals surface area contributed by atoms with Gasteiger partial charge in [-0.15, -0.1) is 0 Å². The van der Waals surface area contributed by atoms with Crippen LogP contribution in [0.25, 0.3) is 0 Å². The van der Waals surface area contributed by atoms with Crippen molar-refractivity contribution in [2.75, 3.05) is 19.8 Å². The number of ether oxygens (including phenoxy) is 3. The molecule has 2 saturated carbocycles. The average Bonchev–Trinajstić information content (AvgIpc) is 3.46. The number of esters is 1. The molecule has 1 spiro atoms.